The Morgan fingerprint density at radius 1 is 0.906 bits per heavy atom. The molecule has 0 amide bonds. The molecular formula is C43H45N3O7. The fourth-order valence-electron chi connectivity index (χ4n) is 8.07. The van der Waals surface area contributed by atoms with Gasteiger partial charge < -0.3 is 33.4 Å². The van der Waals surface area contributed by atoms with E-state index in [2.05, 4.69) is 41.5 Å². The highest BCUT2D eigenvalue weighted by atomic mass is 16.5. The van der Waals surface area contributed by atoms with Crippen molar-refractivity contribution in [2.75, 3.05) is 33.5 Å². The third-order valence-corrected chi connectivity index (χ3v) is 10.8. The number of hydrogen-bond donors (Lipinski definition) is 2. The van der Waals surface area contributed by atoms with Crippen LogP contribution in [0.15, 0.2) is 84.9 Å². The van der Waals surface area contributed by atoms with Crippen molar-refractivity contribution < 1.29 is 33.6 Å². The van der Waals surface area contributed by atoms with Gasteiger partial charge in [-0.25, -0.2) is 4.79 Å². The molecule has 0 atom stereocenters. The third-order valence-electron chi connectivity index (χ3n) is 10.8. The van der Waals surface area contributed by atoms with Crippen molar-refractivity contribution in [3.8, 4) is 22.6 Å². The molecule has 0 aliphatic carbocycles. The maximum atomic E-state index is 13.1. The summed E-state index contributed by atoms with van der Waals surface area (Å²) in [7, 11) is 1.76. The Morgan fingerprint density at radius 3 is 2.53 bits per heavy atom. The van der Waals surface area contributed by atoms with Crippen LogP contribution in [0.25, 0.3) is 32.8 Å². The van der Waals surface area contributed by atoms with Crippen molar-refractivity contribution in [1.29, 1.82) is 0 Å². The molecule has 10 nitrogen and oxygen atoms in total. The molecule has 0 saturated carbocycles. The Kier molecular flexibility index (Phi) is 10.2. The molecular weight excluding hydrogens is 670 g/mol. The van der Waals surface area contributed by atoms with Crippen molar-refractivity contribution in [2.45, 2.75) is 63.9 Å². The SMILES string of the molecule is COC1(c2ccc(OCc3n[nH]c4c3-c3cccc5c(CCCOc6cccc7ccccc67)c(C(=O)O)n(c35)CCCCOC4)cc2)CCOCC1. The van der Waals surface area contributed by atoms with Crippen LogP contribution >= 0.6 is 0 Å². The molecule has 0 radical (unpaired) electrons. The lowest BCUT2D eigenvalue weighted by molar-refractivity contribution is -0.0948. The van der Waals surface area contributed by atoms with Crippen LogP contribution in [0, 0.1) is 0 Å². The quantitative estimate of drug-likeness (QED) is 0.128. The average Bonchev–Trinajstić information content (AvgIpc) is 3.74. The summed E-state index contributed by atoms with van der Waals surface area (Å²) in [6.07, 6.45) is 4.43. The average molecular weight is 716 g/mol. The van der Waals surface area contributed by atoms with E-state index in [1.165, 1.54) is 0 Å². The van der Waals surface area contributed by atoms with Gasteiger partial charge in [0.1, 0.15) is 29.5 Å². The molecule has 274 valence electrons. The summed E-state index contributed by atoms with van der Waals surface area (Å²) in [6.45, 7) is 3.51. The number of hydrogen-bond acceptors (Lipinski definition) is 7. The Labute approximate surface area is 308 Å². The van der Waals surface area contributed by atoms with Crippen molar-refractivity contribution in [1.82, 2.24) is 14.8 Å². The van der Waals surface area contributed by atoms with E-state index in [1.54, 1.807) is 7.11 Å². The minimum atomic E-state index is -0.932. The number of aromatic carboxylic acids is 1. The summed E-state index contributed by atoms with van der Waals surface area (Å²) in [5, 5.41) is 21.8. The lowest BCUT2D eigenvalue weighted by Crippen LogP contribution is -2.35. The molecule has 4 aromatic carbocycles. The van der Waals surface area contributed by atoms with E-state index in [1.807, 2.05) is 53.1 Å². The number of ether oxygens (including phenoxy) is 5. The first-order valence-electron chi connectivity index (χ1n) is 18.5. The molecule has 6 aromatic rings. The molecule has 0 spiro atoms. The molecule has 0 unspecified atom stereocenters. The number of aryl methyl sites for hydroxylation is 2. The van der Waals surface area contributed by atoms with Gasteiger partial charge in [-0.1, -0.05) is 66.7 Å². The van der Waals surface area contributed by atoms with Gasteiger partial charge in [0.15, 0.2) is 0 Å². The van der Waals surface area contributed by atoms with Gasteiger partial charge >= 0.3 is 5.97 Å². The van der Waals surface area contributed by atoms with Crippen LogP contribution in [-0.4, -0.2) is 59.4 Å². The summed E-state index contributed by atoms with van der Waals surface area (Å²) in [5.41, 5.74) is 6.17. The normalized spacial score (nSPS) is 15.9. The lowest BCUT2D eigenvalue weighted by Gasteiger charge is -2.36. The number of benzene rings is 4. The van der Waals surface area contributed by atoms with E-state index in [9.17, 15) is 9.90 Å². The molecule has 2 aromatic heterocycles. The number of nitrogens with zero attached hydrogens (tertiary/aromatic N) is 2. The molecule has 2 aliphatic heterocycles. The second-order valence-electron chi connectivity index (χ2n) is 13.8. The molecule has 4 heterocycles. The van der Waals surface area contributed by atoms with E-state index < -0.39 is 5.97 Å². The van der Waals surface area contributed by atoms with Gasteiger partial charge in [0.2, 0.25) is 0 Å². The van der Waals surface area contributed by atoms with Gasteiger partial charge in [0, 0.05) is 68.2 Å². The standard InChI is InChI=1S/C43H45N3O7/c1-49-43(20-25-50-26-21-43)30-16-18-31(19-17-30)53-28-37-39-35-13-7-12-33-34(14-8-24-52-38-15-6-10-29-9-2-3-11-32(29)38)41(42(47)48)46(40(33)35)22-4-5-23-51-27-36(39)44-45-37/h2-3,6-7,9-13,15-19H,4-5,8,14,20-28H2,1H3,(H,44,45)(H,47,48). The number of aromatic amines is 1. The summed E-state index contributed by atoms with van der Waals surface area (Å²) in [6, 6.07) is 28.4. The molecule has 2 N–H and O–H groups in total. The van der Waals surface area contributed by atoms with Gasteiger partial charge in [-0.3, -0.25) is 5.10 Å². The minimum absolute atomic E-state index is 0.218. The molecule has 53 heavy (non-hydrogen) atoms. The van der Waals surface area contributed by atoms with Crippen molar-refractivity contribution >= 4 is 27.6 Å². The van der Waals surface area contributed by atoms with Gasteiger partial charge in [-0.2, -0.15) is 5.10 Å². The number of methoxy groups -OCH3 is 1. The number of rotatable bonds is 11. The fourth-order valence-corrected chi connectivity index (χ4v) is 8.07. The van der Waals surface area contributed by atoms with Crippen LogP contribution in [0.5, 0.6) is 11.5 Å². The van der Waals surface area contributed by atoms with Crippen molar-refractivity contribution in [3.63, 3.8) is 0 Å². The molecule has 1 fully saturated rings. The van der Waals surface area contributed by atoms with Crippen LogP contribution in [0.1, 0.15) is 65.1 Å². The number of carboxylic acid groups (broad SMARTS) is 1. The zero-order chi connectivity index (χ0) is 36.2. The predicted molar refractivity (Wildman–Crippen MR) is 203 cm³/mol. The largest absolute Gasteiger partial charge is 0.493 e. The van der Waals surface area contributed by atoms with E-state index in [-0.39, 0.29) is 12.2 Å². The Hall–Kier alpha value is -5.16. The number of H-pyrrole nitrogens is 1. The first kappa shape index (κ1) is 34.9. The first-order chi connectivity index (χ1) is 26.1. The highest BCUT2D eigenvalue weighted by Crippen LogP contribution is 2.40. The second-order valence-corrected chi connectivity index (χ2v) is 13.8. The zero-order valence-electron chi connectivity index (χ0n) is 30.1. The van der Waals surface area contributed by atoms with E-state index in [0.29, 0.717) is 58.1 Å². The number of carboxylic acids is 1. The van der Waals surface area contributed by atoms with Crippen LogP contribution in [0.2, 0.25) is 0 Å². The van der Waals surface area contributed by atoms with Crippen LogP contribution in [-0.2, 0) is 46.0 Å². The van der Waals surface area contributed by atoms with Gasteiger partial charge in [0.25, 0.3) is 0 Å². The van der Waals surface area contributed by atoms with Crippen LogP contribution < -0.4 is 9.47 Å². The predicted octanol–water partition coefficient (Wildman–Crippen LogP) is 8.44. The van der Waals surface area contributed by atoms with Crippen LogP contribution in [0.4, 0.5) is 0 Å². The summed E-state index contributed by atoms with van der Waals surface area (Å²) >= 11 is 0. The maximum absolute atomic E-state index is 13.1. The Morgan fingerprint density at radius 2 is 1.70 bits per heavy atom. The number of fused-ring (bicyclic) bond motifs is 3. The summed E-state index contributed by atoms with van der Waals surface area (Å²) < 4.78 is 32.3. The van der Waals surface area contributed by atoms with Crippen LogP contribution in [0.3, 0.4) is 0 Å². The number of carbonyl (C=O) groups is 1. The van der Waals surface area contributed by atoms with Gasteiger partial charge in [-0.15, -0.1) is 0 Å². The second kappa shape index (κ2) is 15.4. The summed E-state index contributed by atoms with van der Waals surface area (Å²) in [4.78, 5) is 13.1. The van der Waals surface area contributed by atoms with E-state index >= 15 is 0 Å². The monoisotopic (exact) mass is 715 g/mol. The highest BCUT2D eigenvalue weighted by Gasteiger charge is 2.34. The highest BCUT2D eigenvalue weighted by molar-refractivity contribution is 6.04. The summed E-state index contributed by atoms with van der Waals surface area (Å²) in [5.74, 6) is 0.623. The Balaban J connectivity index is 1.10. The Bertz CT molecular complexity index is 2210. The zero-order valence-corrected chi connectivity index (χ0v) is 30.1. The van der Waals surface area contributed by atoms with Crippen molar-refractivity contribution in [2.24, 2.45) is 0 Å². The molecule has 8 rings (SSSR count). The number of para-hydroxylation sites is 1. The first-order valence-corrected chi connectivity index (χ1v) is 18.5. The molecule has 0 bridgehead atoms. The van der Waals surface area contributed by atoms with Gasteiger partial charge in [0.05, 0.1) is 30.0 Å². The topological polar surface area (TPSA) is 117 Å². The molecule has 2 aliphatic rings. The van der Waals surface area contributed by atoms with E-state index in [0.717, 1.165) is 92.5 Å². The van der Waals surface area contributed by atoms with Crippen molar-refractivity contribution in [3.05, 3.63) is 113 Å². The molecule has 1 saturated heterocycles. The number of aromatic nitrogens is 3. The minimum Gasteiger partial charge on any atom is -0.493 e. The molecule has 10 heteroatoms. The fraction of sp³-hybridized carbons (Fsp3) is 0.349. The lowest BCUT2D eigenvalue weighted by atomic mass is 9.86. The van der Waals surface area contributed by atoms with Gasteiger partial charge in [-0.05, 0) is 60.4 Å². The maximum Gasteiger partial charge on any atom is 0.352 e. The third kappa shape index (κ3) is 6.90. The van der Waals surface area contributed by atoms with E-state index in [4.69, 9.17) is 28.8 Å². The number of nitrogens with one attached hydrogen (secondary N) is 1. The smallest absolute Gasteiger partial charge is 0.352 e.